The number of rotatable bonds is 4. The maximum absolute atomic E-state index is 12.0. The smallest absolute Gasteiger partial charge is 0.328 e. The molecule has 2 N–H and O–H groups in total. The lowest BCUT2D eigenvalue weighted by Crippen LogP contribution is -2.41. The Bertz CT molecular complexity index is 628. The molecule has 0 spiro atoms. The van der Waals surface area contributed by atoms with E-state index >= 15 is 0 Å². The summed E-state index contributed by atoms with van der Waals surface area (Å²) in [6.07, 6.45) is 1.08. The van der Waals surface area contributed by atoms with Crippen molar-refractivity contribution in [1.82, 2.24) is 0 Å². The standard InChI is InChI=1S/C13H16ClNO4S/c1-3-19-12(16)13(15)10(11(13)20(2,17)18)8-4-6-9(14)7-5-8/h4-7,10-11H,3,15H2,1-2H3/t10-,11-,13-/m0/s1. The first-order valence-electron chi connectivity index (χ1n) is 6.13. The van der Waals surface area contributed by atoms with Crippen LogP contribution in [-0.2, 0) is 19.4 Å². The Labute approximate surface area is 123 Å². The second kappa shape index (κ2) is 5.02. The summed E-state index contributed by atoms with van der Waals surface area (Å²) in [4.78, 5) is 12.0. The van der Waals surface area contributed by atoms with Crippen LogP contribution >= 0.6 is 11.6 Å². The number of hydrogen-bond donors (Lipinski definition) is 1. The van der Waals surface area contributed by atoms with Crippen LogP contribution < -0.4 is 5.73 Å². The van der Waals surface area contributed by atoms with Crippen LogP contribution in [0, 0.1) is 0 Å². The van der Waals surface area contributed by atoms with E-state index in [1.807, 2.05) is 0 Å². The van der Waals surface area contributed by atoms with E-state index in [4.69, 9.17) is 22.1 Å². The molecule has 0 radical (unpaired) electrons. The number of benzene rings is 1. The second-order valence-electron chi connectivity index (χ2n) is 4.93. The highest BCUT2D eigenvalue weighted by molar-refractivity contribution is 7.91. The topological polar surface area (TPSA) is 86.5 Å². The van der Waals surface area contributed by atoms with Gasteiger partial charge in [0.2, 0.25) is 0 Å². The molecule has 5 nitrogen and oxygen atoms in total. The number of carbonyl (C=O) groups excluding carboxylic acids is 1. The first kappa shape index (κ1) is 15.3. The number of halogens is 1. The van der Waals surface area contributed by atoms with Crippen molar-refractivity contribution in [3.8, 4) is 0 Å². The molecular formula is C13H16ClNO4S. The van der Waals surface area contributed by atoms with Gasteiger partial charge in [0.05, 0.1) is 11.9 Å². The van der Waals surface area contributed by atoms with Gasteiger partial charge in [-0.05, 0) is 24.6 Å². The SMILES string of the molecule is CCOC(=O)[C@]1(N)[C@@H](c2ccc(Cl)cc2)[C@@H]1S(C)(=O)=O. The van der Waals surface area contributed by atoms with E-state index in [9.17, 15) is 13.2 Å². The largest absolute Gasteiger partial charge is 0.465 e. The molecular weight excluding hydrogens is 302 g/mol. The van der Waals surface area contributed by atoms with Gasteiger partial charge in [0.25, 0.3) is 0 Å². The van der Waals surface area contributed by atoms with Gasteiger partial charge in [-0.15, -0.1) is 0 Å². The Morgan fingerprint density at radius 2 is 1.95 bits per heavy atom. The molecule has 1 fully saturated rings. The molecule has 1 saturated carbocycles. The fourth-order valence-corrected chi connectivity index (χ4v) is 4.47. The molecule has 2 rings (SSSR count). The zero-order chi connectivity index (χ0) is 15.1. The van der Waals surface area contributed by atoms with E-state index in [0.717, 1.165) is 6.26 Å². The van der Waals surface area contributed by atoms with Gasteiger partial charge >= 0.3 is 5.97 Å². The van der Waals surface area contributed by atoms with Crippen molar-refractivity contribution in [2.24, 2.45) is 5.73 Å². The maximum Gasteiger partial charge on any atom is 0.328 e. The van der Waals surface area contributed by atoms with Gasteiger partial charge in [0.1, 0.15) is 5.54 Å². The van der Waals surface area contributed by atoms with Crippen molar-refractivity contribution < 1.29 is 17.9 Å². The van der Waals surface area contributed by atoms with Gasteiger partial charge in [0, 0.05) is 17.2 Å². The summed E-state index contributed by atoms with van der Waals surface area (Å²) in [6, 6.07) is 6.64. The minimum absolute atomic E-state index is 0.154. The van der Waals surface area contributed by atoms with Crippen LogP contribution in [0.15, 0.2) is 24.3 Å². The minimum Gasteiger partial charge on any atom is -0.465 e. The molecule has 0 aliphatic heterocycles. The van der Waals surface area contributed by atoms with Crippen LogP contribution in [0.1, 0.15) is 18.4 Å². The van der Waals surface area contributed by atoms with E-state index in [-0.39, 0.29) is 6.61 Å². The van der Waals surface area contributed by atoms with E-state index in [2.05, 4.69) is 0 Å². The number of nitrogens with two attached hydrogens (primary N) is 1. The lowest BCUT2D eigenvalue weighted by atomic mass is 10.1. The van der Waals surface area contributed by atoms with Gasteiger partial charge in [-0.2, -0.15) is 0 Å². The number of esters is 1. The summed E-state index contributed by atoms with van der Waals surface area (Å²) in [5, 5.41) is -0.431. The first-order valence-corrected chi connectivity index (χ1v) is 8.46. The quantitative estimate of drug-likeness (QED) is 0.841. The average molecular weight is 318 g/mol. The van der Waals surface area contributed by atoms with Crippen molar-refractivity contribution in [2.75, 3.05) is 12.9 Å². The molecule has 1 aliphatic carbocycles. The van der Waals surface area contributed by atoms with Crippen LogP contribution in [0.2, 0.25) is 5.02 Å². The van der Waals surface area contributed by atoms with E-state index in [1.54, 1.807) is 31.2 Å². The third-order valence-electron chi connectivity index (χ3n) is 3.50. The van der Waals surface area contributed by atoms with Crippen LogP contribution in [0.25, 0.3) is 0 Å². The normalized spacial score (nSPS) is 29.0. The fourth-order valence-electron chi connectivity index (χ4n) is 2.60. The van der Waals surface area contributed by atoms with Crippen molar-refractivity contribution in [3.63, 3.8) is 0 Å². The highest BCUT2D eigenvalue weighted by Crippen LogP contribution is 2.54. The van der Waals surface area contributed by atoms with Crippen LogP contribution in [0.5, 0.6) is 0 Å². The Hall–Kier alpha value is -1.11. The maximum atomic E-state index is 12.0. The van der Waals surface area contributed by atoms with Gasteiger partial charge in [-0.25, -0.2) is 13.2 Å². The van der Waals surface area contributed by atoms with E-state index < -0.39 is 32.5 Å². The summed E-state index contributed by atoms with van der Waals surface area (Å²) >= 11 is 5.81. The summed E-state index contributed by atoms with van der Waals surface area (Å²) < 4.78 is 28.6. The molecule has 0 amide bonds. The van der Waals surface area contributed by atoms with E-state index in [0.29, 0.717) is 10.6 Å². The molecule has 1 aromatic rings. The van der Waals surface area contributed by atoms with Gasteiger partial charge in [0.15, 0.2) is 9.84 Å². The number of sulfone groups is 1. The van der Waals surface area contributed by atoms with Crippen molar-refractivity contribution >= 4 is 27.4 Å². The summed E-state index contributed by atoms with van der Waals surface area (Å²) in [5.41, 5.74) is 5.18. The predicted octanol–water partition coefficient (Wildman–Crippen LogP) is 1.11. The molecule has 0 saturated heterocycles. The van der Waals surface area contributed by atoms with E-state index in [1.165, 1.54) is 0 Å². The molecule has 110 valence electrons. The summed E-state index contributed by atoms with van der Waals surface area (Å²) in [6.45, 7) is 1.80. The Balaban J connectivity index is 2.41. The minimum atomic E-state index is -3.47. The zero-order valence-corrected chi connectivity index (χ0v) is 12.7. The number of ether oxygens (including phenoxy) is 1. The van der Waals surface area contributed by atoms with Crippen molar-refractivity contribution in [1.29, 1.82) is 0 Å². The van der Waals surface area contributed by atoms with Gasteiger partial charge in [-0.1, -0.05) is 23.7 Å². The Morgan fingerprint density at radius 3 is 2.40 bits per heavy atom. The Kier molecular flexibility index (Phi) is 3.83. The molecule has 1 aliphatic rings. The molecule has 0 aromatic heterocycles. The molecule has 1 aromatic carbocycles. The highest BCUT2D eigenvalue weighted by Gasteiger charge is 2.73. The lowest BCUT2D eigenvalue weighted by molar-refractivity contribution is -0.145. The third kappa shape index (κ3) is 2.43. The summed E-state index contributed by atoms with van der Waals surface area (Å²) in [7, 11) is -3.47. The summed E-state index contributed by atoms with van der Waals surface area (Å²) in [5.74, 6) is -1.29. The molecule has 0 unspecified atom stereocenters. The highest BCUT2D eigenvalue weighted by atomic mass is 35.5. The first-order chi connectivity index (χ1) is 9.22. The third-order valence-corrected chi connectivity index (χ3v) is 5.34. The van der Waals surface area contributed by atoms with Gasteiger partial charge < -0.3 is 10.5 Å². The van der Waals surface area contributed by atoms with Crippen LogP contribution in [0.3, 0.4) is 0 Å². The molecule has 3 atom stereocenters. The monoisotopic (exact) mass is 317 g/mol. The van der Waals surface area contributed by atoms with Crippen LogP contribution in [0.4, 0.5) is 0 Å². The lowest BCUT2D eigenvalue weighted by Gasteiger charge is -2.10. The van der Waals surface area contributed by atoms with Crippen molar-refractivity contribution in [3.05, 3.63) is 34.9 Å². The number of carbonyl (C=O) groups is 1. The number of hydrogen-bond acceptors (Lipinski definition) is 5. The van der Waals surface area contributed by atoms with Gasteiger partial charge in [-0.3, -0.25) is 0 Å². The van der Waals surface area contributed by atoms with Crippen molar-refractivity contribution in [2.45, 2.75) is 23.6 Å². The fraction of sp³-hybridized carbons (Fsp3) is 0.462. The predicted molar refractivity (Wildman–Crippen MR) is 76.4 cm³/mol. The van der Waals surface area contributed by atoms with Crippen LogP contribution in [-0.4, -0.2) is 38.0 Å². The molecule has 7 heteroatoms. The zero-order valence-electron chi connectivity index (χ0n) is 11.2. The molecule has 20 heavy (non-hydrogen) atoms. The Morgan fingerprint density at radius 1 is 1.40 bits per heavy atom. The molecule has 0 heterocycles. The average Bonchev–Trinajstić information content (AvgIpc) is 2.99. The second-order valence-corrected chi connectivity index (χ2v) is 7.54. The molecule has 0 bridgehead atoms.